The molecule has 1 aliphatic heterocycles. The third-order valence-electron chi connectivity index (χ3n) is 5.60. The van der Waals surface area contributed by atoms with Gasteiger partial charge in [0.1, 0.15) is 18.8 Å². The Bertz CT molecular complexity index is 911. The molecule has 4 N–H and O–H groups in total. The number of benzene rings is 1. The van der Waals surface area contributed by atoms with Gasteiger partial charge in [0.05, 0.1) is 24.2 Å². The van der Waals surface area contributed by atoms with Gasteiger partial charge in [0.25, 0.3) is 0 Å². The number of nitrogens with one attached hydrogen (secondary N) is 1. The number of β-amino-alcohol motifs (C(OH)–C–C–N with tert-alkyl or cyclic N) is 1. The van der Waals surface area contributed by atoms with E-state index in [0.29, 0.717) is 31.8 Å². The highest BCUT2D eigenvalue weighted by Crippen LogP contribution is 2.19. The van der Waals surface area contributed by atoms with E-state index >= 15 is 0 Å². The van der Waals surface area contributed by atoms with Crippen LogP contribution in [-0.2, 0) is 22.5 Å². The lowest BCUT2D eigenvalue weighted by Gasteiger charge is -2.24. The number of amides is 2. The van der Waals surface area contributed by atoms with Crippen LogP contribution in [0.5, 0.6) is 0 Å². The number of aryl methyl sites for hydroxylation is 1. The molecule has 1 saturated heterocycles. The van der Waals surface area contributed by atoms with Crippen LogP contribution >= 0.6 is 0 Å². The standard InChI is InChI=1S/C23H34N6O4/c1-23(2,24)21(31)27-19(10-6-9-17-7-4-3-5-8-17)20-25-16-26-29(20)13-14-33-22(32)28-12-11-18(30)15-28/h3-5,7-8,16,18-19,30H,6,9-15,24H2,1-2H3,(H,27,31). The monoisotopic (exact) mass is 458 g/mol. The highest BCUT2D eigenvalue weighted by Gasteiger charge is 2.28. The Morgan fingerprint density at radius 3 is 2.76 bits per heavy atom. The van der Waals surface area contributed by atoms with Gasteiger partial charge in [0, 0.05) is 13.1 Å². The number of hydrogen-bond donors (Lipinski definition) is 3. The molecule has 180 valence electrons. The van der Waals surface area contributed by atoms with Crippen LogP contribution in [0.25, 0.3) is 0 Å². The Morgan fingerprint density at radius 1 is 1.33 bits per heavy atom. The second-order valence-corrected chi connectivity index (χ2v) is 8.97. The fourth-order valence-corrected chi connectivity index (χ4v) is 3.70. The quantitative estimate of drug-likeness (QED) is 0.490. The average molecular weight is 459 g/mol. The first kappa shape index (κ1) is 24.7. The van der Waals surface area contributed by atoms with Gasteiger partial charge in [0.15, 0.2) is 0 Å². The third kappa shape index (κ3) is 7.26. The van der Waals surface area contributed by atoms with Gasteiger partial charge in [0.2, 0.25) is 5.91 Å². The summed E-state index contributed by atoms with van der Waals surface area (Å²) in [6.45, 7) is 4.49. The van der Waals surface area contributed by atoms with Gasteiger partial charge in [-0.3, -0.25) is 4.79 Å². The van der Waals surface area contributed by atoms with Gasteiger partial charge < -0.3 is 25.8 Å². The zero-order valence-corrected chi connectivity index (χ0v) is 19.3. The molecule has 10 heteroatoms. The number of aliphatic hydroxyl groups is 1. The van der Waals surface area contributed by atoms with Gasteiger partial charge >= 0.3 is 6.09 Å². The molecule has 10 nitrogen and oxygen atoms in total. The fourth-order valence-electron chi connectivity index (χ4n) is 3.70. The number of nitrogens with two attached hydrogens (primary N) is 1. The summed E-state index contributed by atoms with van der Waals surface area (Å²) in [5.74, 6) is 0.314. The van der Waals surface area contributed by atoms with E-state index in [1.165, 1.54) is 16.8 Å². The average Bonchev–Trinajstić information content (AvgIpc) is 3.42. The fraction of sp³-hybridized carbons (Fsp3) is 0.565. The van der Waals surface area contributed by atoms with Gasteiger partial charge in [-0.2, -0.15) is 5.10 Å². The van der Waals surface area contributed by atoms with Crippen molar-refractivity contribution in [3.05, 3.63) is 48.0 Å². The van der Waals surface area contributed by atoms with Crippen molar-refractivity contribution >= 4 is 12.0 Å². The van der Waals surface area contributed by atoms with Crippen LogP contribution in [0, 0.1) is 0 Å². The molecule has 1 fully saturated rings. The van der Waals surface area contributed by atoms with E-state index in [2.05, 4.69) is 27.5 Å². The second kappa shape index (κ2) is 11.2. The van der Waals surface area contributed by atoms with Crippen molar-refractivity contribution in [1.29, 1.82) is 0 Å². The maximum atomic E-state index is 12.6. The van der Waals surface area contributed by atoms with Crippen molar-refractivity contribution in [1.82, 2.24) is 25.0 Å². The summed E-state index contributed by atoms with van der Waals surface area (Å²) in [7, 11) is 0. The predicted octanol–water partition coefficient (Wildman–Crippen LogP) is 1.40. The topological polar surface area (TPSA) is 136 Å². The van der Waals surface area contributed by atoms with Gasteiger partial charge in [-0.25, -0.2) is 14.5 Å². The van der Waals surface area contributed by atoms with Crippen LogP contribution in [0.2, 0.25) is 0 Å². The van der Waals surface area contributed by atoms with Crippen LogP contribution < -0.4 is 11.1 Å². The molecule has 2 aromatic rings. The maximum Gasteiger partial charge on any atom is 0.409 e. The Labute approximate surface area is 194 Å². The number of rotatable bonds is 10. The highest BCUT2D eigenvalue weighted by atomic mass is 16.6. The summed E-state index contributed by atoms with van der Waals surface area (Å²) < 4.78 is 6.98. The Balaban J connectivity index is 1.61. The van der Waals surface area contributed by atoms with E-state index in [1.807, 2.05) is 18.2 Å². The summed E-state index contributed by atoms with van der Waals surface area (Å²) in [5.41, 5.74) is 6.18. The van der Waals surface area contributed by atoms with Crippen molar-refractivity contribution in [3.8, 4) is 0 Å². The van der Waals surface area contributed by atoms with Crippen LogP contribution in [-0.4, -0.2) is 68.1 Å². The molecule has 0 aliphatic carbocycles. The van der Waals surface area contributed by atoms with E-state index < -0.39 is 17.7 Å². The molecular formula is C23H34N6O4. The molecule has 1 aromatic carbocycles. The molecular weight excluding hydrogens is 424 g/mol. The number of carbonyl (C=O) groups is 2. The SMILES string of the molecule is CC(C)(N)C(=O)NC(CCCc1ccccc1)c1ncnn1CCOC(=O)N1CCC(O)C1. The number of ether oxygens (including phenoxy) is 1. The van der Waals surface area contributed by atoms with Crippen molar-refractivity contribution in [2.45, 2.75) is 63.8 Å². The summed E-state index contributed by atoms with van der Waals surface area (Å²) >= 11 is 0. The first-order chi connectivity index (χ1) is 15.7. The van der Waals surface area contributed by atoms with Crippen molar-refractivity contribution < 1.29 is 19.4 Å². The Kier molecular flexibility index (Phi) is 8.40. The smallest absolute Gasteiger partial charge is 0.409 e. The van der Waals surface area contributed by atoms with Gasteiger partial charge in [-0.05, 0) is 45.1 Å². The number of aromatic nitrogens is 3. The molecule has 1 aliphatic rings. The predicted molar refractivity (Wildman–Crippen MR) is 122 cm³/mol. The molecule has 3 rings (SSSR count). The normalized spacial score (nSPS) is 17.1. The number of carbonyl (C=O) groups excluding carboxylic acids is 2. The number of nitrogens with zero attached hydrogens (tertiary/aromatic N) is 4. The molecule has 0 spiro atoms. The minimum atomic E-state index is -1.03. The molecule has 33 heavy (non-hydrogen) atoms. The highest BCUT2D eigenvalue weighted by molar-refractivity contribution is 5.85. The molecule has 0 bridgehead atoms. The van der Waals surface area contributed by atoms with Crippen molar-refractivity contribution in [3.63, 3.8) is 0 Å². The number of hydrogen-bond acceptors (Lipinski definition) is 7. The number of aliphatic hydroxyl groups excluding tert-OH is 1. The van der Waals surface area contributed by atoms with Crippen LogP contribution in [0.1, 0.15) is 50.5 Å². The lowest BCUT2D eigenvalue weighted by atomic mass is 10.0. The van der Waals surface area contributed by atoms with E-state index in [4.69, 9.17) is 10.5 Å². The minimum absolute atomic E-state index is 0.106. The molecule has 2 amide bonds. The first-order valence-corrected chi connectivity index (χ1v) is 11.4. The summed E-state index contributed by atoms with van der Waals surface area (Å²) in [4.78, 5) is 30.6. The van der Waals surface area contributed by atoms with Crippen LogP contribution in [0.4, 0.5) is 4.79 Å². The second-order valence-electron chi connectivity index (χ2n) is 8.97. The van der Waals surface area contributed by atoms with Crippen molar-refractivity contribution in [2.75, 3.05) is 19.7 Å². The lowest BCUT2D eigenvalue weighted by Crippen LogP contribution is -2.50. The molecule has 0 radical (unpaired) electrons. The van der Waals surface area contributed by atoms with E-state index in [9.17, 15) is 14.7 Å². The summed E-state index contributed by atoms with van der Waals surface area (Å²) in [6.07, 6.45) is 3.40. The molecule has 1 aromatic heterocycles. The minimum Gasteiger partial charge on any atom is -0.447 e. The lowest BCUT2D eigenvalue weighted by molar-refractivity contribution is -0.126. The van der Waals surface area contributed by atoms with Crippen LogP contribution in [0.3, 0.4) is 0 Å². The zero-order chi connectivity index (χ0) is 23.8. The van der Waals surface area contributed by atoms with Crippen LogP contribution in [0.15, 0.2) is 36.7 Å². The maximum absolute atomic E-state index is 12.6. The molecule has 0 saturated carbocycles. The Morgan fingerprint density at radius 2 is 2.09 bits per heavy atom. The molecule has 2 atom stereocenters. The first-order valence-electron chi connectivity index (χ1n) is 11.4. The number of likely N-dealkylation sites (tertiary alicyclic amines) is 1. The van der Waals surface area contributed by atoms with Gasteiger partial charge in [-0.1, -0.05) is 30.3 Å². The molecule has 2 unspecified atom stereocenters. The summed E-state index contributed by atoms with van der Waals surface area (Å²) in [6, 6.07) is 9.77. The van der Waals surface area contributed by atoms with E-state index in [1.54, 1.807) is 18.5 Å². The largest absolute Gasteiger partial charge is 0.447 e. The van der Waals surface area contributed by atoms with Crippen molar-refractivity contribution in [2.24, 2.45) is 5.73 Å². The molecule has 2 heterocycles. The Hall–Kier alpha value is -2.98. The zero-order valence-electron chi connectivity index (χ0n) is 19.3. The van der Waals surface area contributed by atoms with E-state index in [-0.39, 0.29) is 25.1 Å². The summed E-state index contributed by atoms with van der Waals surface area (Å²) in [5, 5.41) is 16.8. The third-order valence-corrected chi connectivity index (χ3v) is 5.60. The van der Waals surface area contributed by atoms with E-state index in [0.717, 1.165) is 12.8 Å². The van der Waals surface area contributed by atoms with Gasteiger partial charge in [-0.15, -0.1) is 0 Å².